The molecule has 0 unspecified atom stereocenters. The van der Waals surface area contributed by atoms with Crippen molar-refractivity contribution in [1.82, 2.24) is 0 Å². The summed E-state index contributed by atoms with van der Waals surface area (Å²) in [5.74, 6) is -0.214. The van der Waals surface area contributed by atoms with E-state index in [1.54, 1.807) is 12.1 Å². The van der Waals surface area contributed by atoms with Crippen molar-refractivity contribution < 1.29 is 14.3 Å². The van der Waals surface area contributed by atoms with Gasteiger partial charge in [0, 0.05) is 12.0 Å². The van der Waals surface area contributed by atoms with Crippen molar-refractivity contribution >= 4 is 17.4 Å². The Labute approximate surface area is 79.9 Å². The molecule has 0 fully saturated rings. The number of Topliss-reactive ketones (excluding diaryl/α,β-unsaturated/α-hetero) is 1. The van der Waals surface area contributed by atoms with E-state index in [0.717, 1.165) is 17.7 Å². The van der Waals surface area contributed by atoms with Crippen molar-refractivity contribution in [2.75, 3.05) is 11.9 Å². The maximum Gasteiger partial charge on any atom is 0.296 e. The first kappa shape index (κ1) is 7.55. The monoisotopic (exact) mass is 189 g/mol. The number of ether oxygens (including phenoxy) is 1. The predicted molar refractivity (Wildman–Crippen MR) is 48.6 cm³/mol. The molecular weight excluding hydrogens is 182 g/mol. The summed E-state index contributed by atoms with van der Waals surface area (Å²) in [5.41, 5.74) is 2.07. The smallest absolute Gasteiger partial charge is 0.296 e. The maximum absolute atomic E-state index is 11.3. The second kappa shape index (κ2) is 2.35. The fourth-order valence-electron chi connectivity index (χ4n) is 1.90. The molecule has 1 aromatic rings. The molecule has 0 atom stereocenters. The van der Waals surface area contributed by atoms with Crippen molar-refractivity contribution in [1.29, 1.82) is 0 Å². The Kier molecular flexibility index (Phi) is 1.27. The standard InChI is InChI=1S/C10H7NO3/c12-9-6-1-2-7-5(3-4-14-7)8(6)11-10(9)13/h1-2H,3-4H2,(H,11,12,13). The maximum atomic E-state index is 11.3. The Morgan fingerprint density at radius 3 is 3.00 bits per heavy atom. The first-order valence-electron chi connectivity index (χ1n) is 4.42. The summed E-state index contributed by atoms with van der Waals surface area (Å²) in [4.78, 5) is 22.5. The minimum absolute atomic E-state index is 0.449. The molecule has 70 valence electrons. The number of ketones is 1. The van der Waals surface area contributed by atoms with Gasteiger partial charge >= 0.3 is 0 Å². The van der Waals surface area contributed by atoms with Crippen molar-refractivity contribution in [3.05, 3.63) is 23.3 Å². The van der Waals surface area contributed by atoms with Crippen molar-refractivity contribution in [3.63, 3.8) is 0 Å². The molecule has 0 bridgehead atoms. The van der Waals surface area contributed by atoms with Crippen LogP contribution in [0.5, 0.6) is 5.75 Å². The third kappa shape index (κ3) is 0.775. The molecule has 4 heteroatoms. The van der Waals surface area contributed by atoms with Crippen LogP contribution >= 0.6 is 0 Å². The van der Waals surface area contributed by atoms with E-state index in [4.69, 9.17) is 4.74 Å². The summed E-state index contributed by atoms with van der Waals surface area (Å²) in [6.45, 7) is 0.621. The van der Waals surface area contributed by atoms with Crippen LogP contribution in [-0.2, 0) is 11.2 Å². The lowest BCUT2D eigenvalue weighted by molar-refractivity contribution is -0.112. The zero-order chi connectivity index (χ0) is 9.71. The van der Waals surface area contributed by atoms with Gasteiger partial charge in [-0.15, -0.1) is 0 Å². The molecule has 0 saturated carbocycles. The van der Waals surface area contributed by atoms with E-state index in [1.165, 1.54) is 0 Å². The van der Waals surface area contributed by atoms with Crippen LogP contribution in [-0.4, -0.2) is 18.3 Å². The summed E-state index contributed by atoms with van der Waals surface area (Å²) in [6.07, 6.45) is 0.756. The van der Waals surface area contributed by atoms with Gasteiger partial charge in [-0.3, -0.25) is 9.59 Å². The Balaban J connectivity index is 2.27. The first-order chi connectivity index (χ1) is 6.77. The summed E-state index contributed by atoms with van der Waals surface area (Å²) in [7, 11) is 0. The molecule has 14 heavy (non-hydrogen) atoms. The highest BCUT2D eigenvalue weighted by molar-refractivity contribution is 6.51. The molecule has 1 aromatic carbocycles. The minimum atomic E-state index is -0.541. The molecule has 2 heterocycles. The average molecular weight is 189 g/mol. The molecular formula is C10H7NO3. The number of carbonyl (C=O) groups excluding carboxylic acids is 2. The molecule has 1 amide bonds. The Morgan fingerprint density at radius 1 is 1.29 bits per heavy atom. The van der Waals surface area contributed by atoms with Crippen LogP contribution in [0.1, 0.15) is 15.9 Å². The molecule has 2 aliphatic rings. The third-order valence-corrected chi connectivity index (χ3v) is 2.57. The lowest BCUT2D eigenvalue weighted by atomic mass is 10.1. The van der Waals surface area contributed by atoms with E-state index in [2.05, 4.69) is 5.32 Å². The van der Waals surface area contributed by atoms with E-state index in [1.807, 2.05) is 0 Å². The average Bonchev–Trinajstić information content (AvgIpc) is 2.73. The van der Waals surface area contributed by atoms with Gasteiger partial charge in [0.25, 0.3) is 11.7 Å². The van der Waals surface area contributed by atoms with E-state index < -0.39 is 11.7 Å². The van der Waals surface area contributed by atoms with Gasteiger partial charge in [-0.05, 0) is 12.1 Å². The van der Waals surface area contributed by atoms with Crippen LogP contribution in [0.3, 0.4) is 0 Å². The van der Waals surface area contributed by atoms with Crippen LogP contribution in [0.2, 0.25) is 0 Å². The lowest BCUT2D eigenvalue weighted by Gasteiger charge is -2.03. The quantitative estimate of drug-likeness (QED) is 0.613. The predicted octanol–water partition coefficient (Wildman–Crippen LogP) is 0.756. The van der Waals surface area contributed by atoms with Crippen molar-refractivity contribution in [2.24, 2.45) is 0 Å². The molecule has 0 radical (unpaired) electrons. The largest absolute Gasteiger partial charge is 0.493 e. The van der Waals surface area contributed by atoms with Crippen LogP contribution in [0.25, 0.3) is 0 Å². The van der Waals surface area contributed by atoms with Gasteiger partial charge in [0.1, 0.15) is 5.75 Å². The number of anilines is 1. The van der Waals surface area contributed by atoms with Gasteiger partial charge in [-0.25, -0.2) is 0 Å². The zero-order valence-electron chi connectivity index (χ0n) is 7.29. The van der Waals surface area contributed by atoms with Crippen LogP contribution in [0.15, 0.2) is 12.1 Å². The second-order valence-electron chi connectivity index (χ2n) is 3.35. The number of hydrogen-bond acceptors (Lipinski definition) is 3. The number of hydrogen-bond donors (Lipinski definition) is 1. The van der Waals surface area contributed by atoms with Crippen LogP contribution in [0.4, 0.5) is 5.69 Å². The van der Waals surface area contributed by atoms with E-state index in [-0.39, 0.29) is 0 Å². The molecule has 0 spiro atoms. The normalized spacial score (nSPS) is 17.4. The highest BCUT2D eigenvalue weighted by atomic mass is 16.5. The van der Waals surface area contributed by atoms with Gasteiger partial charge in [0.15, 0.2) is 0 Å². The van der Waals surface area contributed by atoms with E-state index in [0.29, 0.717) is 17.9 Å². The fourth-order valence-corrected chi connectivity index (χ4v) is 1.90. The fraction of sp³-hybridized carbons (Fsp3) is 0.200. The number of carbonyl (C=O) groups is 2. The van der Waals surface area contributed by atoms with Crippen LogP contribution in [0, 0.1) is 0 Å². The minimum Gasteiger partial charge on any atom is -0.493 e. The summed E-state index contributed by atoms with van der Waals surface area (Å²) in [5, 5.41) is 2.58. The van der Waals surface area contributed by atoms with Crippen LogP contribution < -0.4 is 10.1 Å². The van der Waals surface area contributed by atoms with Gasteiger partial charge in [-0.1, -0.05) is 0 Å². The molecule has 3 rings (SSSR count). The Bertz CT molecular complexity index is 465. The number of benzene rings is 1. The number of amides is 1. The Morgan fingerprint density at radius 2 is 2.14 bits per heavy atom. The lowest BCUT2D eigenvalue weighted by Crippen LogP contribution is -2.12. The second-order valence-corrected chi connectivity index (χ2v) is 3.35. The molecule has 0 aromatic heterocycles. The molecule has 2 aliphatic heterocycles. The van der Waals surface area contributed by atoms with Gasteiger partial charge in [0.2, 0.25) is 0 Å². The number of rotatable bonds is 0. The van der Waals surface area contributed by atoms with Gasteiger partial charge < -0.3 is 10.1 Å². The Hall–Kier alpha value is -1.84. The van der Waals surface area contributed by atoms with Gasteiger partial charge in [-0.2, -0.15) is 0 Å². The topological polar surface area (TPSA) is 55.4 Å². The first-order valence-corrected chi connectivity index (χ1v) is 4.42. The third-order valence-electron chi connectivity index (χ3n) is 2.57. The van der Waals surface area contributed by atoms with Crippen molar-refractivity contribution in [3.8, 4) is 5.75 Å². The zero-order valence-corrected chi connectivity index (χ0v) is 7.29. The molecule has 0 aliphatic carbocycles. The van der Waals surface area contributed by atoms with Gasteiger partial charge in [0.05, 0.1) is 17.9 Å². The van der Waals surface area contributed by atoms with Crippen molar-refractivity contribution in [2.45, 2.75) is 6.42 Å². The van der Waals surface area contributed by atoms with E-state index in [9.17, 15) is 9.59 Å². The highest BCUT2D eigenvalue weighted by Gasteiger charge is 2.32. The molecule has 1 N–H and O–H groups in total. The molecule has 4 nitrogen and oxygen atoms in total. The molecule has 0 saturated heterocycles. The summed E-state index contributed by atoms with van der Waals surface area (Å²) in [6, 6.07) is 3.39. The number of nitrogens with one attached hydrogen (secondary N) is 1. The summed E-state index contributed by atoms with van der Waals surface area (Å²) >= 11 is 0. The summed E-state index contributed by atoms with van der Waals surface area (Å²) < 4.78 is 5.33. The number of fused-ring (bicyclic) bond motifs is 3. The SMILES string of the molecule is O=C1Nc2c(ccc3c2CCO3)C1=O. The highest BCUT2D eigenvalue weighted by Crippen LogP contribution is 2.37. The van der Waals surface area contributed by atoms with E-state index >= 15 is 0 Å².